The number of rotatable bonds is 6. The molecule has 0 saturated heterocycles. The summed E-state index contributed by atoms with van der Waals surface area (Å²) < 4.78 is 24.4. The molecule has 0 heterocycles. The lowest BCUT2D eigenvalue weighted by Crippen LogP contribution is -2.33. The van der Waals surface area contributed by atoms with Gasteiger partial charge in [0.1, 0.15) is 0 Å². The SMILES string of the molecule is CNS(=O)(=O)CCNC(=O)c1cccc(C(=O)O)c1. The van der Waals surface area contributed by atoms with E-state index < -0.39 is 21.9 Å². The van der Waals surface area contributed by atoms with Crippen LogP contribution in [0.3, 0.4) is 0 Å². The molecule has 1 rings (SSSR count). The molecule has 3 N–H and O–H groups in total. The van der Waals surface area contributed by atoms with Crippen LogP contribution in [0, 0.1) is 0 Å². The summed E-state index contributed by atoms with van der Waals surface area (Å²) in [5, 5.41) is 11.2. The molecule has 0 spiro atoms. The van der Waals surface area contributed by atoms with Crippen molar-refractivity contribution in [2.45, 2.75) is 0 Å². The summed E-state index contributed by atoms with van der Waals surface area (Å²) >= 11 is 0. The van der Waals surface area contributed by atoms with Gasteiger partial charge in [0.25, 0.3) is 5.91 Å². The Morgan fingerprint density at radius 3 is 2.47 bits per heavy atom. The van der Waals surface area contributed by atoms with Gasteiger partial charge in [-0.2, -0.15) is 0 Å². The minimum absolute atomic E-state index is 0.00417. The summed E-state index contributed by atoms with van der Waals surface area (Å²) in [6.45, 7) is -0.0562. The van der Waals surface area contributed by atoms with E-state index in [2.05, 4.69) is 10.0 Å². The van der Waals surface area contributed by atoms with E-state index in [-0.39, 0.29) is 23.4 Å². The molecule has 1 aromatic rings. The monoisotopic (exact) mass is 286 g/mol. The van der Waals surface area contributed by atoms with Crippen LogP contribution in [-0.4, -0.2) is 44.7 Å². The molecule has 1 amide bonds. The van der Waals surface area contributed by atoms with Gasteiger partial charge < -0.3 is 10.4 Å². The number of carboxylic acids is 1. The third kappa shape index (κ3) is 4.68. The Hall–Kier alpha value is -1.93. The van der Waals surface area contributed by atoms with Gasteiger partial charge >= 0.3 is 5.97 Å². The average Bonchev–Trinajstić information content (AvgIpc) is 2.38. The van der Waals surface area contributed by atoms with Crippen LogP contribution in [0.1, 0.15) is 20.7 Å². The molecule has 19 heavy (non-hydrogen) atoms. The Morgan fingerprint density at radius 2 is 1.89 bits per heavy atom. The van der Waals surface area contributed by atoms with Crippen molar-refractivity contribution in [1.82, 2.24) is 10.0 Å². The average molecular weight is 286 g/mol. The zero-order valence-electron chi connectivity index (χ0n) is 10.2. The molecule has 0 unspecified atom stereocenters. The molecular formula is C11H14N2O5S. The number of sulfonamides is 1. The number of hydrogen-bond acceptors (Lipinski definition) is 4. The van der Waals surface area contributed by atoms with E-state index in [9.17, 15) is 18.0 Å². The Kier molecular flexibility index (Phi) is 5.02. The van der Waals surface area contributed by atoms with Crippen molar-refractivity contribution in [2.24, 2.45) is 0 Å². The smallest absolute Gasteiger partial charge is 0.335 e. The Morgan fingerprint density at radius 1 is 1.26 bits per heavy atom. The van der Waals surface area contributed by atoms with E-state index in [1.807, 2.05) is 0 Å². The van der Waals surface area contributed by atoms with Gasteiger partial charge in [-0.15, -0.1) is 0 Å². The van der Waals surface area contributed by atoms with Crippen molar-refractivity contribution in [3.8, 4) is 0 Å². The lowest BCUT2D eigenvalue weighted by atomic mass is 10.1. The van der Waals surface area contributed by atoms with Gasteiger partial charge in [0.2, 0.25) is 10.0 Å². The van der Waals surface area contributed by atoms with Gasteiger partial charge in [-0.25, -0.2) is 17.9 Å². The maximum atomic E-state index is 11.7. The summed E-state index contributed by atoms with van der Waals surface area (Å²) in [6.07, 6.45) is 0. The highest BCUT2D eigenvalue weighted by Crippen LogP contribution is 2.05. The number of nitrogens with one attached hydrogen (secondary N) is 2. The van der Waals surface area contributed by atoms with E-state index in [4.69, 9.17) is 5.11 Å². The van der Waals surface area contributed by atoms with Crippen LogP contribution in [0.15, 0.2) is 24.3 Å². The number of hydrogen-bond donors (Lipinski definition) is 3. The first kappa shape index (κ1) is 15.1. The minimum Gasteiger partial charge on any atom is -0.478 e. The van der Waals surface area contributed by atoms with Crippen molar-refractivity contribution in [3.63, 3.8) is 0 Å². The molecule has 104 valence electrons. The molecule has 0 saturated carbocycles. The molecule has 0 radical (unpaired) electrons. The van der Waals surface area contributed by atoms with Gasteiger partial charge in [0.15, 0.2) is 0 Å². The fraction of sp³-hybridized carbons (Fsp3) is 0.273. The molecule has 0 atom stereocenters. The van der Waals surface area contributed by atoms with E-state index in [0.717, 1.165) is 0 Å². The second-order valence-electron chi connectivity index (χ2n) is 3.66. The van der Waals surface area contributed by atoms with Crippen molar-refractivity contribution in [3.05, 3.63) is 35.4 Å². The standard InChI is InChI=1S/C11H14N2O5S/c1-12-19(17,18)6-5-13-10(14)8-3-2-4-9(7-8)11(15)16/h2-4,7,12H,5-6H2,1H3,(H,13,14)(H,15,16). The van der Waals surface area contributed by atoms with Crippen LogP contribution in [-0.2, 0) is 10.0 Å². The van der Waals surface area contributed by atoms with Crippen molar-refractivity contribution in [2.75, 3.05) is 19.3 Å². The van der Waals surface area contributed by atoms with Crippen LogP contribution >= 0.6 is 0 Å². The molecule has 7 nitrogen and oxygen atoms in total. The fourth-order valence-electron chi connectivity index (χ4n) is 1.30. The molecule has 8 heteroatoms. The maximum absolute atomic E-state index is 11.7. The van der Waals surface area contributed by atoms with Crippen molar-refractivity contribution < 1.29 is 23.1 Å². The van der Waals surface area contributed by atoms with E-state index in [1.165, 1.54) is 31.3 Å². The van der Waals surface area contributed by atoms with E-state index in [0.29, 0.717) is 0 Å². The van der Waals surface area contributed by atoms with Gasteiger partial charge in [-0.05, 0) is 25.2 Å². The summed E-state index contributed by atoms with van der Waals surface area (Å²) in [5.41, 5.74) is 0.164. The summed E-state index contributed by atoms with van der Waals surface area (Å²) in [7, 11) is -2.09. The van der Waals surface area contributed by atoms with Crippen LogP contribution in [0.5, 0.6) is 0 Å². The normalized spacial score (nSPS) is 11.0. The third-order valence-electron chi connectivity index (χ3n) is 2.34. The number of carbonyl (C=O) groups excluding carboxylic acids is 1. The molecule has 0 fully saturated rings. The second-order valence-corrected chi connectivity index (χ2v) is 5.71. The number of amides is 1. The quantitative estimate of drug-likeness (QED) is 0.662. The predicted molar refractivity (Wildman–Crippen MR) is 68.6 cm³/mol. The molecular weight excluding hydrogens is 272 g/mol. The summed E-state index contributed by atoms with van der Waals surface area (Å²) in [4.78, 5) is 22.4. The first-order chi connectivity index (χ1) is 8.85. The number of aromatic carboxylic acids is 1. The number of carbonyl (C=O) groups is 2. The van der Waals surface area contributed by atoms with Crippen molar-refractivity contribution >= 4 is 21.9 Å². The lowest BCUT2D eigenvalue weighted by molar-refractivity contribution is 0.0697. The predicted octanol–water partition coefficient (Wildman–Crippen LogP) is -0.336. The molecule has 1 aromatic carbocycles. The summed E-state index contributed by atoms with van der Waals surface area (Å²) in [6, 6.07) is 5.49. The molecule has 0 bridgehead atoms. The Bertz CT molecular complexity index is 583. The lowest BCUT2D eigenvalue weighted by Gasteiger charge is -2.06. The van der Waals surface area contributed by atoms with E-state index >= 15 is 0 Å². The van der Waals surface area contributed by atoms with Crippen LogP contribution in [0.25, 0.3) is 0 Å². The molecule has 0 aliphatic rings. The highest BCUT2D eigenvalue weighted by atomic mass is 32.2. The zero-order valence-corrected chi connectivity index (χ0v) is 11.0. The second kappa shape index (κ2) is 6.30. The Labute approximate surface area is 110 Å². The topological polar surface area (TPSA) is 113 Å². The van der Waals surface area contributed by atoms with Crippen LogP contribution in [0.4, 0.5) is 0 Å². The fourth-order valence-corrected chi connectivity index (χ4v) is 1.87. The third-order valence-corrected chi connectivity index (χ3v) is 3.70. The van der Waals surface area contributed by atoms with Gasteiger partial charge in [-0.1, -0.05) is 6.07 Å². The van der Waals surface area contributed by atoms with Crippen LogP contribution < -0.4 is 10.0 Å². The zero-order chi connectivity index (χ0) is 14.5. The van der Waals surface area contributed by atoms with Gasteiger partial charge in [0, 0.05) is 12.1 Å². The summed E-state index contributed by atoms with van der Waals surface area (Å²) in [5.74, 6) is -1.89. The van der Waals surface area contributed by atoms with Crippen molar-refractivity contribution in [1.29, 1.82) is 0 Å². The first-order valence-electron chi connectivity index (χ1n) is 5.38. The minimum atomic E-state index is -3.38. The maximum Gasteiger partial charge on any atom is 0.335 e. The van der Waals surface area contributed by atoms with Gasteiger partial charge in [0.05, 0.1) is 11.3 Å². The molecule has 0 aromatic heterocycles. The largest absolute Gasteiger partial charge is 0.478 e. The first-order valence-corrected chi connectivity index (χ1v) is 7.04. The van der Waals surface area contributed by atoms with Gasteiger partial charge in [-0.3, -0.25) is 4.79 Å². The van der Waals surface area contributed by atoms with E-state index in [1.54, 1.807) is 0 Å². The molecule has 0 aliphatic carbocycles. The highest BCUT2D eigenvalue weighted by molar-refractivity contribution is 7.89. The molecule has 0 aliphatic heterocycles. The number of benzene rings is 1. The highest BCUT2D eigenvalue weighted by Gasteiger charge is 2.11. The Balaban J connectivity index is 2.64. The number of carboxylic acid groups (broad SMARTS) is 1. The van der Waals surface area contributed by atoms with Crippen LogP contribution in [0.2, 0.25) is 0 Å².